The van der Waals surface area contributed by atoms with Crippen molar-refractivity contribution in [3.05, 3.63) is 28.8 Å². The summed E-state index contributed by atoms with van der Waals surface area (Å²) in [6, 6.07) is 4.40. The number of ether oxygens (including phenoxy) is 2. The molecule has 3 nitrogen and oxygen atoms in total. The Morgan fingerprint density at radius 1 is 1.22 bits per heavy atom. The average molecular weight is 251 g/mol. The highest BCUT2D eigenvalue weighted by atomic mass is 16.5. The van der Waals surface area contributed by atoms with E-state index in [2.05, 4.69) is 31.3 Å². The predicted molar refractivity (Wildman–Crippen MR) is 75.4 cm³/mol. The Morgan fingerprint density at radius 3 is 2.39 bits per heavy atom. The normalized spacial score (nSPS) is 12.8. The smallest absolute Gasteiger partial charge is 0.126 e. The molecule has 0 saturated heterocycles. The first-order valence-corrected chi connectivity index (χ1v) is 6.44. The second-order valence-corrected chi connectivity index (χ2v) is 4.85. The van der Waals surface area contributed by atoms with Gasteiger partial charge in [0, 0.05) is 5.56 Å². The predicted octanol–water partition coefficient (Wildman–Crippen LogP) is 3.00. The third kappa shape index (κ3) is 3.47. The van der Waals surface area contributed by atoms with Crippen LogP contribution in [0.5, 0.6) is 5.75 Å². The van der Waals surface area contributed by atoms with Gasteiger partial charge in [-0.2, -0.15) is 0 Å². The van der Waals surface area contributed by atoms with E-state index in [1.807, 2.05) is 20.9 Å². The molecule has 0 aromatic heterocycles. The molecule has 1 aromatic carbocycles. The standard InChI is InChI=1S/C15H25NO2/c1-10(2)18-9-14(16-5)13-8-7-11(3)12(4)15(13)17-6/h7-8,10,14,16H,9H2,1-6H3. The van der Waals surface area contributed by atoms with Crippen LogP contribution in [0.3, 0.4) is 0 Å². The van der Waals surface area contributed by atoms with Gasteiger partial charge in [-0.05, 0) is 45.9 Å². The maximum absolute atomic E-state index is 5.70. The molecular formula is C15H25NO2. The van der Waals surface area contributed by atoms with E-state index < -0.39 is 0 Å². The van der Waals surface area contributed by atoms with Gasteiger partial charge in [0.2, 0.25) is 0 Å². The first-order valence-electron chi connectivity index (χ1n) is 6.44. The number of rotatable bonds is 6. The molecule has 0 amide bonds. The summed E-state index contributed by atoms with van der Waals surface area (Å²) in [6.45, 7) is 8.93. The van der Waals surface area contributed by atoms with Crippen LogP contribution in [0.1, 0.15) is 36.6 Å². The van der Waals surface area contributed by atoms with Gasteiger partial charge in [-0.3, -0.25) is 0 Å². The molecule has 0 spiro atoms. The highest BCUT2D eigenvalue weighted by Gasteiger charge is 2.17. The Bertz CT molecular complexity index is 388. The van der Waals surface area contributed by atoms with Gasteiger partial charge in [0.25, 0.3) is 0 Å². The molecule has 0 aliphatic rings. The summed E-state index contributed by atoms with van der Waals surface area (Å²) < 4.78 is 11.3. The zero-order valence-electron chi connectivity index (χ0n) is 12.3. The number of hydrogen-bond donors (Lipinski definition) is 1. The van der Waals surface area contributed by atoms with Crippen LogP contribution >= 0.6 is 0 Å². The molecule has 1 unspecified atom stereocenters. The lowest BCUT2D eigenvalue weighted by atomic mass is 9.99. The lowest BCUT2D eigenvalue weighted by Crippen LogP contribution is -2.24. The summed E-state index contributed by atoms with van der Waals surface area (Å²) in [5, 5.41) is 3.29. The minimum Gasteiger partial charge on any atom is -0.496 e. The molecule has 18 heavy (non-hydrogen) atoms. The SMILES string of the molecule is CNC(COC(C)C)c1ccc(C)c(C)c1OC. The van der Waals surface area contributed by atoms with Gasteiger partial charge in [-0.25, -0.2) is 0 Å². The molecule has 0 radical (unpaired) electrons. The largest absolute Gasteiger partial charge is 0.496 e. The first kappa shape index (κ1) is 15.0. The van der Waals surface area contributed by atoms with Crippen LogP contribution in [0.15, 0.2) is 12.1 Å². The molecule has 0 fully saturated rings. The van der Waals surface area contributed by atoms with E-state index in [1.165, 1.54) is 11.1 Å². The van der Waals surface area contributed by atoms with E-state index >= 15 is 0 Å². The Hall–Kier alpha value is -1.06. The zero-order chi connectivity index (χ0) is 13.7. The van der Waals surface area contributed by atoms with Crippen molar-refractivity contribution in [2.45, 2.75) is 39.8 Å². The molecule has 0 aliphatic heterocycles. The van der Waals surface area contributed by atoms with E-state index in [4.69, 9.17) is 9.47 Å². The van der Waals surface area contributed by atoms with Crippen molar-refractivity contribution in [3.63, 3.8) is 0 Å². The highest BCUT2D eigenvalue weighted by molar-refractivity contribution is 5.46. The molecule has 1 N–H and O–H groups in total. The van der Waals surface area contributed by atoms with Crippen LogP contribution in [-0.4, -0.2) is 26.9 Å². The fourth-order valence-corrected chi connectivity index (χ4v) is 1.97. The quantitative estimate of drug-likeness (QED) is 0.843. The van der Waals surface area contributed by atoms with E-state index in [0.29, 0.717) is 6.61 Å². The molecule has 0 saturated carbocycles. The lowest BCUT2D eigenvalue weighted by molar-refractivity contribution is 0.0621. The van der Waals surface area contributed by atoms with Gasteiger partial charge in [-0.1, -0.05) is 12.1 Å². The molecule has 1 aromatic rings. The van der Waals surface area contributed by atoms with Crippen LogP contribution in [0.25, 0.3) is 0 Å². The molecule has 0 aliphatic carbocycles. The molecule has 3 heteroatoms. The Morgan fingerprint density at radius 2 is 1.89 bits per heavy atom. The molecule has 102 valence electrons. The summed E-state index contributed by atoms with van der Waals surface area (Å²) in [7, 11) is 3.67. The van der Waals surface area contributed by atoms with Crippen molar-refractivity contribution in [3.8, 4) is 5.75 Å². The Labute approximate surface area is 110 Å². The maximum atomic E-state index is 5.70. The minimum absolute atomic E-state index is 0.154. The Kier molecular flexibility index (Phi) is 5.63. The number of hydrogen-bond acceptors (Lipinski definition) is 3. The topological polar surface area (TPSA) is 30.5 Å². The number of benzene rings is 1. The maximum Gasteiger partial charge on any atom is 0.126 e. The van der Waals surface area contributed by atoms with Crippen LogP contribution < -0.4 is 10.1 Å². The zero-order valence-corrected chi connectivity index (χ0v) is 12.3. The number of nitrogens with one attached hydrogen (secondary N) is 1. The summed E-state index contributed by atoms with van der Waals surface area (Å²) in [5.41, 5.74) is 3.60. The fourth-order valence-electron chi connectivity index (χ4n) is 1.97. The van der Waals surface area contributed by atoms with Crippen molar-refractivity contribution in [1.29, 1.82) is 0 Å². The number of methoxy groups -OCH3 is 1. The molecule has 0 bridgehead atoms. The van der Waals surface area contributed by atoms with Crippen LogP contribution in [-0.2, 0) is 4.74 Å². The second-order valence-electron chi connectivity index (χ2n) is 4.85. The van der Waals surface area contributed by atoms with Crippen molar-refractivity contribution >= 4 is 0 Å². The van der Waals surface area contributed by atoms with Gasteiger partial charge in [-0.15, -0.1) is 0 Å². The Balaban J connectivity index is 3.01. The van der Waals surface area contributed by atoms with Gasteiger partial charge in [0.1, 0.15) is 5.75 Å². The van der Waals surface area contributed by atoms with Gasteiger partial charge in [0.05, 0.1) is 25.9 Å². The summed E-state index contributed by atoms with van der Waals surface area (Å²) >= 11 is 0. The number of aryl methyl sites for hydroxylation is 1. The molecule has 1 atom stereocenters. The van der Waals surface area contributed by atoms with Crippen LogP contribution in [0, 0.1) is 13.8 Å². The van der Waals surface area contributed by atoms with Crippen molar-refractivity contribution < 1.29 is 9.47 Å². The first-order chi connectivity index (χ1) is 8.51. The van der Waals surface area contributed by atoms with Gasteiger partial charge >= 0.3 is 0 Å². The van der Waals surface area contributed by atoms with Crippen molar-refractivity contribution in [2.75, 3.05) is 20.8 Å². The molecule has 0 heterocycles. The fraction of sp³-hybridized carbons (Fsp3) is 0.600. The van der Waals surface area contributed by atoms with Gasteiger partial charge < -0.3 is 14.8 Å². The number of likely N-dealkylation sites (N-methyl/N-ethyl adjacent to an activating group) is 1. The van der Waals surface area contributed by atoms with E-state index in [-0.39, 0.29) is 12.1 Å². The van der Waals surface area contributed by atoms with E-state index in [9.17, 15) is 0 Å². The average Bonchev–Trinajstić information content (AvgIpc) is 2.34. The summed E-state index contributed by atoms with van der Waals surface area (Å²) in [6.07, 6.45) is 0.235. The van der Waals surface area contributed by atoms with E-state index in [0.717, 1.165) is 11.3 Å². The monoisotopic (exact) mass is 251 g/mol. The summed E-state index contributed by atoms with van der Waals surface area (Å²) in [4.78, 5) is 0. The highest BCUT2D eigenvalue weighted by Crippen LogP contribution is 2.31. The lowest BCUT2D eigenvalue weighted by Gasteiger charge is -2.22. The molecular weight excluding hydrogens is 226 g/mol. The van der Waals surface area contributed by atoms with Crippen molar-refractivity contribution in [2.24, 2.45) is 0 Å². The van der Waals surface area contributed by atoms with Crippen molar-refractivity contribution in [1.82, 2.24) is 5.32 Å². The van der Waals surface area contributed by atoms with E-state index in [1.54, 1.807) is 7.11 Å². The second kappa shape index (κ2) is 6.76. The van der Waals surface area contributed by atoms with Crippen LogP contribution in [0.4, 0.5) is 0 Å². The van der Waals surface area contributed by atoms with Gasteiger partial charge in [0.15, 0.2) is 0 Å². The minimum atomic E-state index is 0.154. The van der Waals surface area contributed by atoms with Crippen LogP contribution in [0.2, 0.25) is 0 Å². The third-order valence-electron chi connectivity index (χ3n) is 3.23. The third-order valence-corrected chi connectivity index (χ3v) is 3.23. The molecule has 1 rings (SSSR count). The summed E-state index contributed by atoms with van der Waals surface area (Å²) in [5.74, 6) is 0.960.